The smallest absolute Gasteiger partial charge is 0.243 e. The van der Waals surface area contributed by atoms with Crippen molar-refractivity contribution in [2.75, 3.05) is 6.54 Å². The molecule has 1 atom stereocenters. The molecule has 190 valence electrons. The monoisotopic (exact) mass is 532 g/mol. The minimum Gasteiger partial charge on any atom is -0.355 e. The molecule has 0 fully saturated rings. The summed E-state index contributed by atoms with van der Waals surface area (Å²) in [6, 6.07) is 28.6. The summed E-state index contributed by atoms with van der Waals surface area (Å²) in [5.74, 6) is -0.329. The molecule has 0 heterocycles. The van der Waals surface area contributed by atoms with Crippen LogP contribution in [-0.4, -0.2) is 29.3 Å². The number of hydrogen-bond donors (Lipinski definition) is 1. The second-order valence-corrected chi connectivity index (χ2v) is 9.77. The second-order valence-electron chi connectivity index (χ2n) is 8.96. The summed E-state index contributed by atoms with van der Waals surface area (Å²) in [6.07, 6.45) is 1.19. The number of fused-ring (bicyclic) bond motifs is 1. The van der Waals surface area contributed by atoms with Gasteiger partial charge in [0.15, 0.2) is 0 Å². The average Bonchev–Trinajstić information content (AvgIpc) is 2.91. The van der Waals surface area contributed by atoms with Gasteiger partial charge in [0, 0.05) is 41.5 Å². The highest BCUT2D eigenvalue weighted by atomic mass is 35.5. The van der Waals surface area contributed by atoms with Gasteiger partial charge in [-0.1, -0.05) is 102 Å². The molecule has 6 heteroatoms. The zero-order chi connectivity index (χ0) is 26.2. The lowest BCUT2D eigenvalue weighted by atomic mass is 9.99. The highest BCUT2D eigenvalue weighted by molar-refractivity contribution is 6.36. The van der Waals surface area contributed by atoms with E-state index in [2.05, 4.69) is 29.6 Å². The molecule has 0 unspecified atom stereocenters. The maximum atomic E-state index is 13.9. The summed E-state index contributed by atoms with van der Waals surface area (Å²) in [7, 11) is 0. The highest BCUT2D eigenvalue weighted by Gasteiger charge is 2.31. The molecule has 0 aliphatic rings. The van der Waals surface area contributed by atoms with E-state index in [0.717, 1.165) is 21.9 Å². The van der Waals surface area contributed by atoms with Gasteiger partial charge < -0.3 is 10.2 Å². The molecule has 4 aromatic carbocycles. The molecule has 2 amide bonds. The largest absolute Gasteiger partial charge is 0.355 e. The van der Waals surface area contributed by atoms with Crippen LogP contribution in [0, 0.1) is 0 Å². The normalized spacial score (nSPS) is 11.8. The third-order valence-corrected chi connectivity index (χ3v) is 7.21. The predicted octanol–water partition coefficient (Wildman–Crippen LogP) is 6.86. The standard InChI is InChI=1S/C31H30Cl2N2O2/c1-2-34-31(37)29(20-22-10-4-3-5-11-22)35(21-26-27(32)16-9-17-28(26)33)30(36)19-18-24-14-8-13-23-12-6-7-15-25(23)24/h3-17,29H,2,18-21H2,1H3,(H,34,37)/t29-/m1/s1. The summed E-state index contributed by atoms with van der Waals surface area (Å²) < 4.78 is 0. The maximum absolute atomic E-state index is 13.9. The number of likely N-dealkylation sites (N-methyl/N-ethyl adjacent to an activating group) is 1. The van der Waals surface area contributed by atoms with Gasteiger partial charge in [-0.2, -0.15) is 0 Å². The molecule has 4 nitrogen and oxygen atoms in total. The summed E-state index contributed by atoms with van der Waals surface area (Å²) in [4.78, 5) is 28.8. The molecule has 0 spiro atoms. The van der Waals surface area contributed by atoms with Crippen molar-refractivity contribution in [1.82, 2.24) is 10.2 Å². The van der Waals surface area contributed by atoms with Crippen LogP contribution in [0.5, 0.6) is 0 Å². The molecule has 0 aliphatic carbocycles. The number of benzene rings is 4. The van der Waals surface area contributed by atoms with E-state index >= 15 is 0 Å². The van der Waals surface area contributed by atoms with Gasteiger partial charge in [-0.3, -0.25) is 9.59 Å². The number of nitrogens with zero attached hydrogens (tertiary/aromatic N) is 1. The average molecular weight is 533 g/mol. The highest BCUT2D eigenvalue weighted by Crippen LogP contribution is 2.28. The van der Waals surface area contributed by atoms with Gasteiger partial charge in [0.1, 0.15) is 6.04 Å². The fourth-order valence-electron chi connectivity index (χ4n) is 4.60. The molecular formula is C31H30Cl2N2O2. The van der Waals surface area contributed by atoms with Crippen molar-refractivity contribution in [2.24, 2.45) is 0 Å². The van der Waals surface area contributed by atoms with Crippen LogP contribution in [0.1, 0.15) is 30.0 Å². The van der Waals surface area contributed by atoms with Crippen molar-refractivity contribution in [2.45, 2.75) is 38.8 Å². The van der Waals surface area contributed by atoms with E-state index < -0.39 is 6.04 Å². The number of carbonyl (C=O) groups is 2. The maximum Gasteiger partial charge on any atom is 0.243 e. The van der Waals surface area contributed by atoms with Gasteiger partial charge in [-0.15, -0.1) is 0 Å². The van der Waals surface area contributed by atoms with Crippen LogP contribution in [-0.2, 0) is 29.0 Å². The van der Waals surface area contributed by atoms with E-state index in [1.807, 2.05) is 55.5 Å². The van der Waals surface area contributed by atoms with Crippen LogP contribution < -0.4 is 5.32 Å². The number of amides is 2. The summed E-state index contributed by atoms with van der Waals surface area (Å²) in [5.41, 5.74) is 2.70. The molecule has 0 radical (unpaired) electrons. The Labute approximate surface area is 228 Å². The quantitative estimate of drug-likeness (QED) is 0.242. The van der Waals surface area contributed by atoms with Gasteiger partial charge >= 0.3 is 0 Å². The Kier molecular flexibility index (Phi) is 9.21. The summed E-state index contributed by atoms with van der Waals surface area (Å²) in [5, 5.41) is 6.11. The number of halogens is 2. The van der Waals surface area contributed by atoms with Crippen molar-refractivity contribution in [3.05, 3.63) is 118 Å². The van der Waals surface area contributed by atoms with E-state index in [9.17, 15) is 9.59 Å². The second kappa shape index (κ2) is 12.8. The number of hydrogen-bond acceptors (Lipinski definition) is 2. The SMILES string of the molecule is CCNC(=O)[C@@H](Cc1ccccc1)N(Cc1c(Cl)cccc1Cl)C(=O)CCc1cccc2ccccc12. The van der Waals surface area contributed by atoms with E-state index in [4.69, 9.17) is 23.2 Å². The van der Waals surface area contributed by atoms with Crippen LogP contribution in [0.2, 0.25) is 10.0 Å². The zero-order valence-corrected chi connectivity index (χ0v) is 22.3. The molecule has 0 saturated carbocycles. The first-order chi connectivity index (χ1) is 18.0. The predicted molar refractivity (Wildman–Crippen MR) is 152 cm³/mol. The zero-order valence-electron chi connectivity index (χ0n) is 20.8. The van der Waals surface area contributed by atoms with Gasteiger partial charge in [-0.25, -0.2) is 0 Å². The molecule has 0 saturated heterocycles. The Morgan fingerprint density at radius 1 is 0.838 bits per heavy atom. The van der Waals surface area contributed by atoms with Crippen molar-refractivity contribution in [3.63, 3.8) is 0 Å². The van der Waals surface area contributed by atoms with Gasteiger partial charge in [-0.05, 0) is 47.4 Å². The Morgan fingerprint density at radius 2 is 1.49 bits per heavy atom. The van der Waals surface area contributed by atoms with E-state index in [1.54, 1.807) is 23.1 Å². The summed E-state index contributed by atoms with van der Waals surface area (Å²) >= 11 is 13.0. The minimum absolute atomic E-state index is 0.129. The first kappa shape index (κ1) is 26.7. The minimum atomic E-state index is -0.713. The van der Waals surface area contributed by atoms with Crippen molar-refractivity contribution < 1.29 is 9.59 Å². The topological polar surface area (TPSA) is 49.4 Å². The Hall–Kier alpha value is -3.34. The third-order valence-electron chi connectivity index (χ3n) is 6.50. The Morgan fingerprint density at radius 3 is 2.22 bits per heavy atom. The van der Waals surface area contributed by atoms with Crippen LogP contribution in [0.3, 0.4) is 0 Å². The van der Waals surface area contributed by atoms with Crippen LogP contribution in [0.15, 0.2) is 91.0 Å². The first-order valence-electron chi connectivity index (χ1n) is 12.5. The van der Waals surface area contributed by atoms with Gasteiger partial charge in [0.25, 0.3) is 0 Å². The Bertz CT molecular complexity index is 1350. The number of nitrogens with one attached hydrogen (secondary N) is 1. The number of carbonyl (C=O) groups excluding carboxylic acids is 2. The lowest BCUT2D eigenvalue weighted by molar-refractivity contribution is -0.141. The number of aryl methyl sites for hydroxylation is 1. The van der Waals surface area contributed by atoms with Crippen LogP contribution in [0.25, 0.3) is 10.8 Å². The summed E-state index contributed by atoms with van der Waals surface area (Å²) in [6.45, 7) is 2.48. The molecule has 1 N–H and O–H groups in total. The molecule has 4 rings (SSSR count). The Balaban J connectivity index is 1.67. The van der Waals surface area contributed by atoms with Crippen LogP contribution >= 0.6 is 23.2 Å². The van der Waals surface area contributed by atoms with Gasteiger partial charge in [0.05, 0.1) is 0 Å². The molecular weight excluding hydrogens is 503 g/mol. The first-order valence-corrected chi connectivity index (χ1v) is 13.2. The fourth-order valence-corrected chi connectivity index (χ4v) is 5.11. The van der Waals surface area contributed by atoms with E-state index in [-0.39, 0.29) is 24.8 Å². The molecule has 0 aliphatic heterocycles. The molecule has 0 aromatic heterocycles. The third kappa shape index (κ3) is 6.71. The van der Waals surface area contributed by atoms with Crippen molar-refractivity contribution >= 4 is 45.8 Å². The fraction of sp³-hybridized carbons (Fsp3) is 0.226. The molecule has 0 bridgehead atoms. The van der Waals surface area contributed by atoms with Gasteiger partial charge in [0.2, 0.25) is 11.8 Å². The van der Waals surface area contributed by atoms with Crippen molar-refractivity contribution in [3.8, 4) is 0 Å². The van der Waals surface area contributed by atoms with E-state index in [0.29, 0.717) is 35.0 Å². The van der Waals surface area contributed by atoms with E-state index in [1.165, 1.54) is 0 Å². The molecule has 37 heavy (non-hydrogen) atoms. The molecule has 4 aromatic rings. The number of rotatable bonds is 10. The van der Waals surface area contributed by atoms with Crippen molar-refractivity contribution in [1.29, 1.82) is 0 Å². The lowest BCUT2D eigenvalue weighted by Crippen LogP contribution is -2.50. The lowest BCUT2D eigenvalue weighted by Gasteiger charge is -2.32. The van der Waals surface area contributed by atoms with Crippen LogP contribution in [0.4, 0.5) is 0 Å².